The van der Waals surface area contributed by atoms with Gasteiger partial charge < -0.3 is 14.2 Å². The monoisotopic (exact) mass is 737 g/mol. The summed E-state index contributed by atoms with van der Waals surface area (Å²) in [5.74, 6) is -0.853. The molecule has 0 aliphatic heterocycles. The molecule has 0 aromatic heterocycles. The maximum Gasteiger partial charge on any atom is 0.306 e. The molecule has 6 nitrogen and oxygen atoms in total. The van der Waals surface area contributed by atoms with Crippen molar-refractivity contribution in [2.24, 2.45) is 0 Å². The second-order valence-electron chi connectivity index (χ2n) is 15.7. The fourth-order valence-corrected chi connectivity index (χ4v) is 6.85. The second kappa shape index (κ2) is 42.2. The first kappa shape index (κ1) is 50.4. The highest BCUT2D eigenvalue weighted by Gasteiger charge is 2.19. The minimum absolute atomic E-state index is 0.0628. The van der Waals surface area contributed by atoms with Crippen molar-refractivity contribution in [2.75, 3.05) is 13.2 Å². The molecule has 0 saturated carbocycles. The van der Waals surface area contributed by atoms with Crippen molar-refractivity contribution < 1.29 is 28.6 Å². The predicted octanol–water partition coefficient (Wildman–Crippen LogP) is 14.5. The lowest BCUT2D eigenvalue weighted by Crippen LogP contribution is -2.30. The Balaban J connectivity index is 4.31. The van der Waals surface area contributed by atoms with Crippen molar-refractivity contribution in [2.45, 2.75) is 264 Å². The highest BCUT2D eigenvalue weighted by Crippen LogP contribution is 2.16. The van der Waals surface area contributed by atoms with Crippen LogP contribution in [0.1, 0.15) is 258 Å². The first-order valence-corrected chi connectivity index (χ1v) is 23.0. The van der Waals surface area contributed by atoms with Crippen LogP contribution in [0.25, 0.3) is 0 Å². The number of carbonyl (C=O) groups excluding carboxylic acids is 3. The number of hydrogen-bond acceptors (Lipinski definition) is 6. The first-order chi connectivity index (χ1) is 25.5. The SMILES string of the molecule is CCCCCCCCCCCCCCCC(=O)O[C@H](COC(=O)CCCCCCCCCCC)COC(=O)CCCCCCCCCCCCCC. The molecule has 0 N–H and O–H groups in total. The topological polar surface area (TPSA) is 78.9 Å². The number of carbonyl (C=O) groups is 3. The Bertz CT molecular complexity index is 768. The van der Waals surface area contributed by atoms with Crippen LogP contribution in [-0.2, 0) is 28.6 Å². The van der Waals surface area contributed by atoms with E-state index in [4.69, 9.17) is 14.2 Å². The van der Waals surface area contributed by atoms with Gasteiger partial charge in [0.25, 0.3) is 0 Å². The lowest BCUT2D eigenvalue weighted by Gasteiger charge is -2.18. The Morgan fingerprint density at radius 3 is 0.769 bits per heavy atom. The summed E-state index contributed by atoms with van der Waals surface area (Å²) >= 11 is 0. The molecule has 0 fully saturated rings. The van der Waals surface area contributed by atoms with Crippen LogP contribution in [0.5, 0.6) is 0 Å². The van der Waals surface area contributed by atoms with Gasteiger partial charge in [-0.1, -0.05) is 220 Å². The Hall–Kier alpha value is -1.59. The summed E-state index contributed by atoms with van der Waals surface area (Å²) in [6, 6.07) is 0. The van der Waals surface area contributed by atoms with Crippen molar-refractivity contribution in [1.29, 1.82) is 0 Å². The van der Waals surface area contributed by atoms with Gasteiger partial charge in [-0.2, -0.15) is 0 Å². The van der Waals surface area contributed by atoms with Crippen LogP contribution in [-0.4, -0.2) is 37.2 Å². The zero-order valence-corrected chi connectivity index (χ0v) is 35.1. The van der Waals surface area contributed by atoms with E-state index in [0.29, 0.717) is 19.3 Å². The van der Waals surface area contributed by atoms with Gasteiger partial charge in [0.1, 0.15) is 13.2 Å². The van der Waals surface area contributed by atoms with E-state index >= 15 is 0 Å². The van der Waals surface area contributed by atoms with E-state index in [2.05, 4.69) is 20.8 Å². The minimum atomic E-state index is -0.757. The van der Waals surface area contributed by atoms with E-state index in [9.17, 15) is 14.4 Å². The molecule has 0 spiro atoms. The number of rotatable bonds is 42. The van der Waals surface area contributed by atoms with Crippen LogP contribution in [0, 0.1) is 0 Å². The molecule has 0 aromatic carbocycles. The van der Waals surface area contributed by atoms with Crippen LogP contribution in [0.4, 0.5) is 0 Å². The fraction of sp³-hybridized carbons (Fsp3) is 0.935. The van der Waals surface area contributed by atoms with E-state index in [1.807, 2.05) is 0 Å². The summed E-state index contributed by atoms with van der Waals surface area (Å²) in [6.45, 7) is 6.63. The molecule has 0 aliphatic carbocycles. The van der Waals surface area contributed by atoms with Gasteiger partial charge in [-0.25, -0.2) is 0 Å². The molecule has 0 saturated heterocycles. The van der Waals surface area contributed by atoms with Crippen molar-refractivity contribution in [1.82, 2.24) is 0 Å². The molecular weight excluding hydrogens is 648 g/mol. The van der Waals surface area contributed by atoms with E-state index in [1.165, 1.54) is 161 Å². The van der Waals surface area contributed by atoms with Gasteiger partial charge >= 0.3 is 17.9 Å². The third-order valence-corrected chi connectivity index (χ3v) is 10.4. The average molecular weight is 737 g/mol. The molecule has 1 atom stereocenters. The normalized spacial score (nSPS) is 11.8. The molecular formula is C46H88O6. The molecule has 0 rings (SSSR count). The van der Waals surface area contributed by atoms with Gasteiger partial charge in [0.05, 0.1) is 0 Å². The number of hydrogen-bond donors (Lipinski definition) is 0. The average Bonchev–Trinajstić information content (AvgIpc) is 3.14. The second-order valence-corrected chi connectivity index (χ2v) is 15.7. The Kier molecular flexibility index (Phi) is 40.9. The molecule has 0 aliphatic rings. The predicted molar refractivity (Wildman–Crippen MR) is 220 cm³/mol. The summed E-state index contributed by atoms with van der Waals surface area (Å²) in [5, 5.41) is 0. The zero-order chi connectivity index (χ0) is 38.0. The highest BCUT2D eigenvalue weighted by molar-refractivity contribution is 5.71. The van der Waals surface area contributed by atoms with E-state index in [1.54, 1.807) is 0 Å². The molecule has 0 bridgehead atoms. The van der Waals surface area contributed by atoms with E-state index in [0.717, 1.165) is 57.8 Å². The third kappa shape index (κ3) is 39.6. The summed E-state index contributed by atoms with van der Waals surface area (Å²) in [4.78, 5) is 37.6. The lowest BCUT2D eigenvalue weighted by molar-refractivity contribution is -0.167. The van der Waals surface area contributed by atoms with Crippen LogP contribution in [0.3, 0.4) is 0 Å². The van der Waals surface area contributed by atoms with Crippen molar-refractivity contribution in [3.05, 3.63) is 0 Å². The van der Waals surface area contributed by atoms with Crippen LogP contribution < -0.4 is 0 Å². The number of esters is 3. The van der Waals surface area contributed by atoms with Crippen LogP contribution >= 0.6 is 0 Å². The summed E-state index contributed by atoms with van der Waals surface area (Å²) in [5.41, 5.74) is 0. The van der Waals surface area contributed by atoms with Gasteiger partial charge in [-0.3, -0.25) is 14.4 Å². The molecule has 52 heavy (non-hydrogen) atoms. The van der Waals surface area contributed by atoms with Gasteiger partial charge in [0.2, 0.25) is 0 Å². The van der Waals surface area contributed by atoms with Crippen LogP contribution in [0.2, 0.25) is 0 Å². The van der Waals surface area contributed by atoms with E-state index in [-0.39, 0.29) is 31.1 Å². The largest absolute Gasteiger partial charge is 0.462 e. The Labute approximate surface area is 323 Å². The summed E-state index contributed by atoms with van der Waals surface area (Å²) in [7, 11) is 0. The number of unbranched alkanes of at least 4 members (excludes halogenated alkanes) is 31. The van der Waals surface area contributed by atoms with Crippen molar-refractivity contribution >= 4 is 17.9 Å². The van der Waals surface area contributed by atoms with Gasteiger partial charge in [-0.15, -0.1) is 0 Å². The molecule has 6 heteroatoms. The summed E-state index contributed by atoms with van der Waals surface area (Å²) in [6.07, 6.45) is 42.2. The summed E-state index contributed by atoms with van der Waals surface area (Å²) < 4.78 is 16.7. The quantitative estimate of drug-likeness (QED) is 0.0353. The Morgan fingerprint density at radius 1 is 0.308 bits per heavy atom. The zero-order valence-electron chi connectivity index (χ0n) is 35.1. The minimum Gasteiger partial charge on any atom is -0.462 e. The molecule has 308 valence electrons. The van der Waals surface area contributed by atoms with Gasteiger partial charge in [-0.05, 0) is 19.3 Å². The smallest absolute Gasteiger partial charge is 0.306 e. The lowest BCUT2D eigenvalue weighted by atomic mass is 10.0. The van der Waals surface area contributed by atoms with Crippen LogP contribution in [0.15, 0.2) is 0 Å². The third-order valence-electron chi connectivity index (χ3n) is 10.4. The van der Waals surface area contributed by atoms with Crippen molar-refractivity contribution in [3.63, 3.8) is 0 Å². The van der Waals surface area contributed by atoms with Gasteiger partial charge in [0, 0.05) is 19.3 Å². The molecule has 0 unspecified atom stereocenters. The molecule has 0 radical (unpaired) electrons. The van der Waals surface area contributed by atoms with E-state index < -0.39 is 6.10 Å². The highest BCUT2D eigenvalue weighted by atomic mass is 16.6. The first-order valence-electron chi connectivity index (χ1n) is 23.0. The standard InChI is InChI=1S/C46H88O6/c1-4-7-10-13-16-19-21-23-25-28-31-34-37-40-46(49)52-43(41-50-44(47)38-35-32-29-26-18-15-12-9-6-3)42-51-45(48)39-36-33-30-27-24-22-20-17-14-11-8-5-2/h43H,4-42H2,1-3H3/t43-/m1/s1. The number of ether oxygens (including phenoxy) is 3. The molecule has 0 amide bonds. The fourth-order valence-electron chi connectivity index (χ4n) is 6.85. The van der Waals surface area contributed by atoms with Crippen molar-refractivity contribution in [3.8, 4) is 0 Å². The molecule has 0 heterocycles. The maximum atomic E-state index is 12.7. The molecule has 0 aromatic rings. The maximum absolute atomic E-state index is 12.7. The van der Waals surface area contributed by atoms with Gasteiger partial charge in [0.15, 0.2) is 6.10 Å². The Morgan fingerprint density at radius 2 is 0.519 bits per heavy atom.